The molecule has 0 spiro atoms. The fourth-order valence-corrected chi connectivity index (χ4v) is 5.63. The van der Waals surface area contributed by atoms with Gasteiger partial charge in [0.25, 0.3) is 15.9 Å². The van der Waals surface area contributed by atoms with Crippen LogP contribution in [0.1, 0.15) is 22.5 Å². The highest BCUT2D eigenvalue weighted by atomic mass is 35.5. The van der Waals surface area contributed by atoms with Gasteiger partial charge >= 0.3 is 0 Å². The van der Waals surface area contributed by atoms with Crippen molar-refractivity contribution in [3.8, 4) is 5.69 Å². The molecule has 0 fully saturated rings. The molecule has 4 aromatic rings. The van der Waals surface area contributed by atoms with E-state index in [9.17, 15) is 17.6 Å². The Hall–Kier alpha value is -3.95. The number of nitrogens with one attached hydrogen (secondary N) is 1. The zero-order valence-corrected chi connectivity index (χ0v) is 22.6. The number of hydrogen-bond donors (Lipinski definition) is 1. The van der Waals surface area contributed by atoms with E-state index in [1.165, 1.54) is 36.5 Å². The minimum atomic E-state index is -4.07. The van der Waals surface area contributed by atoms with Crippen molar-refractivity contribution in [2.24, 2.45) is 5.10 Å². The molecule has 196 valence electrons. The third kappa shape index (κ3) is 5.79. The SMILES string of the molecule is Cc1ccc(N(CC(=O)N/N=C/c2cc(C)n(-c3ccc(F)cc3)c2C)S(=O)(=O)c2ccccc2)cc1Cl. The summed E-state index contributed by atoms with van der Waals surface area (Å²) < 4.78 is 43.2. The van der Waals surface area contributed by atoms with Crippen molar-refractivity contribution < 1.29 is 17.6 Å². The molecule has 7 nitrogen and oxygen atoms in total. The molecule has 38 heavy (non-hydrogen) atoms. The van der Waals surface area contributed by atoms with Crippen molar-refractivity contribution in [3.63, 3.8) is 0 Å². The summed E-state index contributed by atoms with van der Waals surface area (Å²) in [6.07, 6.45) is 1.49. The lowest BCUT2D eigenvalue weighted by Gasteiger charge is -2.24. The third-order valence-corrected chi connectivity index (χ3v) is 8.21. The first-order valence-corrected chi connectivity index (χ1v) is 13.5. The van der Waals surface area contributed by atoms with Gasteiger partial charge in [0.2, 0.25) is 0 Å². The van der Waals surface area contributed by atoms with Crippen molar-refractivity contribution in [3.05, 3.63) is 112 Å². The topological polar surface area (TPSA) is 83.8 Å². The summed E-state index contributed by atoms with van der Waals surface area (Å²) >= 11 is 6.26. The number of anilines is 1. The van der Waals surface area contributed by atoms with Crippen LogP contribution in [0.15, 0.2) is 88.9 Å². The van der Waals surface area contributed by atoms with Crippen molar-refractivity contribution in [1.82, 2.24) is 9.99 Å². The number of sulfonamides is 1. The average molecular weight is 553 g/mol. The molecule has 4 rings (SSSR count). The van der Waals surface area contributed by atoms with Gasteiger partial charge in [-0.1, -0.05) is 35.9 Å². The molecule has 1 aromatic heterocycles. The molecule has 1 amide bonds. The van der Waals surface area contributed by atoms with Crippen LogP contribution in [0.25, 0.3) is 5.69 Å². The number of carbonyl (C=O) groups is 1. The second-order valence-corrected chi connectivity index (χ2v) is 11.0. The molecule has 0 radical (unpaired) electrons. The smallest absolute Gasteiger partial charge is 0.264 e. The fourth-order valence-electron chi connectivity index (χ4n) is 4.02. The van der Waals surface area contributed by atoms with Gasteiger partial charge in [0.1, 0.15) is 12.4 Å². The van der Waals surface area contributed by atoms with Gasteiger partial charge in [-0.3, -0.25) is 9.10 Å². The Bertz CT molecular complexity index is 1600. The second-order valence-electron chi connectivity index (χ2n) is 8.69. The van der Waals surface area contributed by atoms with Crippen LogP contribution in [-0.2, 0) is 14.8 Å². The van der Waals surface area contributed by atoms with Crippen LogP contribution in [0.2, 0.25) is 5.02 Å². The number of hydrazone groups is 1. The lowest BCUT2D eigenvalue weighted by Crippen LogP contribution is -2.39. The highest BCUT2D eigenvalue weighted by Gasteiger charge is 2.27. The molecule has 0 aliphatic rings. The zero-order valence-electron chi connectivity index (χ0n) is 21.0. The Morgan fingerprint density at radius 2 is 1.71 bits per heavy atom. The van der Waals surface area contributed by atoms with Gasteiger partial charge in [-0.2, -0.15) is 5.10 Å². The Balaban J connectivity index is 1.56. The van der Waals surface area contributed by atoms with Crippen molar-refractivity contribution in [2.75, 3.05) is 10.8 Å². The maximum Gasteiger partial charge on any atom is 0.264 e. The summed E-state index contributed by atoms with van der Waals surface area (Å²) in [5.74, 6) is -0.957. The van der Waals surface area contributed by atoms with Crippen LogP contribution in [0.4, 0.5) is 10.1 Å². The summed E-state index contributed by atoms with van der Waals surface area (Å²) in [5.41, 5.74) is 6.73. The number of nitrogens with zero attached hydrogens (tertiary/aromatic N) is 3. The predicted octanol–water partition coefficient (Wildman–Crippen LogP) is 5.54. The highest BCUT2D eigenvalue weighted by molar-refractivity contribution is 7.92. The Labute approximate surface area is 226 Å². The molecule has 0 saturated heterocycles. The van der Waals surface area contributed by atoms with Gasteiger partial charge in [-0.25, -0.2) is 18.2 Å². The molecular formula is C28H26ClFN4O3S. The molecule has 0 bridgehead atoms. The maximum atomic E-state index is 13.4. The molecule has 10 heteroatoms. The highest BCUT2D eigenvalue weighted by Crippen LogP contribution is 2.28. The first kappa shape index (κ1) is 27.1. The second kappa shape index (κ2) is 11.2. The summed E-state index contributed by atoms with van der Waals surface area (Å²) in [7, 11) is -4.07. The Morgan fingerprint density at radius 3 is 2.37 bits per heavy atom. The maximum absolute atomic E-state index is 13.4. The Morgan fingerprint density at radius 1 is 1.03 bits per heavy atom. The van der Waals surface area contributed by atoms with E-state index in [0.29, 0.717) is 5.02 Å². The molecule has 0 aliphatic heterocycles. The minimum Gasteiger partial charge on any atom is -0.318 e. The van der Waals surface area contributed by atoms with Crippen molar-refractivity contribution >= 4 is 39.4 Å². The molecule has 0 saturated carbocycles. The number of carbonyl (C=O) groups excluding carboxylic acids is 1. The quantitative estimate of drug-likeness (QED) is 0.230. The van der Waals surface area contributed by atoms with E-state index in [2.05, 4.69) is 10.5 Å². The number of hydrogen-bond acceptors (Lipinski definition) is 4. The summed E-state index contributed by atoms with van der Waals surface area (Å²) in [5, 5.41) is 4.43. The lowest BCUT2D eigenvalue weighted by atomic mass is 10.2. The molecule has 0 unspecified atom stereocenters. The van der Waals surface area contributed by atoms with E-state index < -0.39 is 22.5 Å². The van der Waals surface area contributed by atoms with E-state index in [4.69, 9.17) is 11.6 Å². The normalized spacial score (nSPS) is 11.6. The number of rotatable bonds is 8. The largest absolute Gasteiger partial charge is 0.318 e. The van der Waals surface area contributed by atoms with E-state index in [0.717, 1.165) is 32.5 Å². The standard InChI is InChI=1S/C28H26ClFN4O3S/c1-19-9-12-25(16-27(19)29)33(38(36,37)26-7-5-4-6-8-26)18-28(35)32-31-17-22-15-20(2)34(21(22)3)24-13-10-23(30)11-14-24/h4-17H,18H2,1-3H3,(H,32,35)/b31-17+. The van der Waals surface area contributed by atoms with Crippen molar-refractivity contribution in [1.29, 1.82) is 0 Å². The number of halogens is 2. The Kier molecular flexibility index (Phi) is 7.99. The first-order valence-electron chi connectivity index (χ1n) is 11.7. The number of aromatic nitrogens is 1. The molecule has 0 atom stereocenters. The lowest BCUT2D eigenvalue weighted by molar-refractivity contribution is -0.119. The van der Waals surface area contributed by atoms with Crippen LogP contribution in [0.5, 0.6) is 0 Å². The van der Waals surface area contributed by atoms with Gasteiger partial charge in [-0.05, 0) is 80.9 Å². The number of amides is 1. The van der Waals surface area contributed by atoms with Crippen LogP contribution in [-0.4, -0.2) is 31.7 Å². The van der Waals surface area contributed by atoms with E-state index in [1.54, 1.807) is 49.4 Å². The van der Waals surface area contributed by atoms with E-state index >= 15 is 0 Å². The van der Waals surface area contributed by atoms with Crippen LogP contribution >= 0.6 is 11.6 Å². The minimum absolute atomic E-state index is 0.0428. The summed E-state index contributed by atoms with van der Waals surface area (Å²) in [6.45, 7) is 5.08. The van der Waals surface area contributed by atoms with Gasteiger partial charge in [-0.15, -0.1) is 0 Å². The summed E-state index contributed by atoms with van der Waals surface area (Å²) in [4.78, 5) is 12.9. The monoisotopic (exact) mass is 552 g/mol. The van der Waals surface area contributed by atoms with Gasteiger partial charge < -0.3 is 4.57 Å². The predicted molar refractivity (Wildman–Crippen MR) is 148 cm³/mol. The molecule has 3 aromatic carbocycles. The van der Waals surface area contributed by atoms with Crippen LogP contribution in [0, 0.1) is 26.6 Å². The molecule has 0 aliphatic carbocycles. The average Bonchev–Trinajstić information content (AvgIpc) is 3.18. The molecule has 1 heterocycles. The van der Waals surface area contributed by atoms with Crippen LogP contribution in [0.3, 0.4) is 0 Å². The van der Waals surface area contributed by atoms with Crippen LogP contribution < -0.4 is 9.73 Å². The zero-order chi connectivity index (χ0) is 27.4. The van der Waals surface area contributed by atoms with Gasteiger partial charge in [0.15, 0.2) is 0 Å². The first-order chi connectivity index (χ1) is 18.1. The van der Waals surface area contributed by atoms with Gasteiger partial charge in [0.05, 0.1) is 16.8 Å². The van der Waals surface area contributed by atoms with E-state index in [1.807, 2.05) is 24.5 Å². The number of aryl methyl sites for hydroxylation is 2. The van der Waals surface area contributed by atoms with Crippen molar-refractivity contribution in [2.45, 2.75) is 25.7 Å². The summed E-state index contributed by atoms with van der Waals surface area (Å²) in [6, 6.07) is 20.7. The molecule has 1 N–H and O–H groups in total. The number of benzene rings is 3. The fraction of sp³-hybridized carbons (Fsp3) is 0.143. The van der Waals surface area contributed by atoms with E-state index in [-0.39, 0.29) is 16.4 Å². The molecular weight excluding hydrogens is 527 g/mol. The van der Waals surface area contributed by atoms with Gasteiger partial charge in [0, 0.05) is 27.7 Å². The third-order valence-electron chi connectivity index (χ3n) is 6.01.